The van der Waals surface area contributed by atoms with Crippen LogP contribution in [0.1, 0.15) is 17.2 Å². The average molecular weight is 340 g/mol. The molecule has 0 aliphatic rings. The molecule has 0 radical (unpaired) electrons. The van der Waals surface area contributed by atoms with Crippen LogP contribution < -0.4 is 5.73 Å². The largest absolute Gasteiger partial charge is 0.324 e. The molecule has 4 heteroatoms. The summed E-state index contributed by atoms with van der Waals surface area (Å²) in [6, 6.07) is 13.0. The van der Waals surface area contributed by atoms with E-state index >= 15 is 0 Å². The molecule has 0 bridgehead atoms. The quantitative estimate of drug-likeness (QED) is 0.826. The predicted octanol–water partition coefficient (Wildman–Crippen LogP) is 4.55. The second-order valence-corrected chi connectivity index (χ2v) is 6.11. The first-order valence-corrected chi connectivity index (χ1v) is 7.95. The Labute approximate surface area is 125 Å². The molecular formula is C15H15BrFNS. The van der Waals surface area contributed by atoms with Crippen molar-refractivity contribution in [3.05, 3.63) is 63.9 Å². The second-order valence-electron chi connectivity index (χ2n) is 4.32. The summed E-state index contributed by atoms with van der Waals surface area (Å²) in [5, 5.41) is 0. The lowest BCUT2D eigenvalue weighted by Gasteiger charge is -2.13. The fourth-order valence-electron chi connectivity index (χ4n) is 1.89. The number of benzene rings is 2. The average Bonchev–Trinajstić information content (AvgIpc) is 2.42. The van der Waals surface area contributed by atoms with Gasteiger partial charge in [-0.1, -0.05) is 34.1 Å². The van der Waals surface area contributed by atoms with Crippen molar-refractivity contribution in [1.29, 1.82) is 0 Å². The van der Waals surface area contributed by atoms with Crippen molar-refractivity contribution in [3.63, 3.8) is 0 Å². The van der Waals surface area contributed by atoms with E-state index in [9.17, 15) is 4.39 Å². The highest BCUT2D eigenvalue weighted by atomic mass is 79.9. The molecule has 0 aliphatic carbocycles. The van der Waals surface area contributed by atoms with Crippen LogP contribution in [0.4, 0.5) is 4.39 Å². The fraction of sp³-hybridized carbons (Fsp3) is 0.200. The number of halogens is 2. The van der Waals surface area contributed by atoms with Crippen molar-refractivity contribution in [2.24, 2.45) is 5.73 Å². The summed E-state index contributed by atoms with van der Waals surface area (Å²) in [5.74, 6) is -0.217. The van der Waals surface area contributed by atoms with Gasteiger partial charge in [-0.25, -0.2) is 4.39 Å². The molecule has 2 aromatic carbocycles. The maximum atomic E-state index is 13.8. The van der Waals surface area contributed by atoms with Crippen LogP contribution in [0.2, 0.25) is 0 Å². The molecule has 2 N–H and O–H groups in total. The predicted molar refractivity (Wildman–Crippen MR) is 83.0 cm³/mol. The molecule has 1 unspecified atom stereocenters. The van der Waals surface area contributed by atoms with Crippen LogP contribution in [0, 0.1) is 5.82 Å². The zero-order chi connectivity index (χ0) is 13.8. The molecule has 0 saturated heterocycles. The second kappa shape index (κ2) is 6.55. The van der Waals surface area contributed by atoms with Gasteiger partial charge in [0.1, 0.15) is 5.82 Å². The minimum absolute atomic E-state index is 0.188. The van der Waals surface area contributed by atoms with Crippen molar-refractivity contribution < 1.29 is 4.39 Å². The standard InChI is InChI=1S/C15H15BrFNS/c1-19-13-6-3-10(4-7-13)15(18)8-11-2-5-12(16)9-14(11)17/h2-7,9,15H,8,18H2,1H3. The summed E-state index contributed by atoms with van der Waals surface area (Å²) >= 11 is 4.94. The van der Waals surface area contributed by atoms with Crippen molar-refractivity contribution in [2.45, 2.75) is 17.4 Å². The molecule has 0 fully saturated rings. The van der Waals surface area contributed by atoms with E-state index in [1.54, 1.807) is 17.8 Å². The summed E-state index contributed by atoms with van der Waals surface area (Å²) in [6.07, 6.45) is 2.53. The fourth-order valence-corrected chi connectivity index (χ4v) is 2.63. The van der Waals surface area contributed by atoms with Gasteiger partial charge in [-0.2, -0.15) is 0 Å². The smallest absolute Gasteiger partial charge is 0.127 e. The Balaban J connectivity index is 2.13. The van der Waals surface area contributed by atoms with Crippen LogP contribution in [0.5, 0.6) is 0 Å². The van der Waals surface area contributed by atoms with Gasteiger partial charge in [0.15, 0.2) is 0 Å². The topological polar surface area (TPSA) is 26.0 Å². The maximum Gasteiger partial charge on any atom is 0.127 e. The first-order chi connectivity index (χ1) is 9.10. The summed E-state index contributed by atoms with van der Waals surface area (Å²) in [6.45, 7) is 0. The van der Waals surface area contributed by atoms with Gasteiger partial charge < -0.3 is 5.73 Å². The monoisotopic (exact) mass is 339 g/mol. The van der Waals surface area contributed by atoms with E-state index in [-0.39, 0.29) is 11.9 Å². The van der Waals surface area contributed by atoms with E-state index < -0.39 is 0 Å². The molecule has 0 amide bonds. The molecule has 2 rings (SSSR count). The molecule has 100 valence electrons. The Morgan fingerprint density at radius 2 is 1.89 bits per heavy atom. The van der Waals surface area contributed by atoms with Crippen LogP contribution in [0.25, 0.3) is 0 Å². The number of hydrogen-bond acceptors (Lipinski definition) is 2. The van der Waals surface area contributed by atoms with Gasteiger partial charge in [0.05, 0.1) is 0 Å². The number of hydrogen-bond donors (Lipinski definition) is 1. The van der Waals surface area contributed by atoms with Gasteiger partial charge in [0, 0.05) is 15.4 Å². The Bertz CT molecular complexity index is 557. The minimum Gasteiger partial charge on any atom is -0.324 e. The van der Waals surface area contributed by atoms with Gasteiger partial charge in [0.25, 0.3) is 0 Å². The Kier molecular flexibility index (Phi) is 5.02. The first-order valence-electron chi connectivity index (χ1n) is 5.93. The zero-order valence-electron chi connectivity index (χ0n) is 10.6. The van der Waals surface area contributed by atoms with Crippen LogP contribution in [0.3, 0.4) is 0 Å². The van der Waals surface area contributed by atoms with Crippen LogP contribution in [-0.4, -0.2) is 6.26 Å². The number of thioether (sulfide) groups is 1. The van der Waals surface area contributed by atoms with Gasteiger partial charge in [-0.05, 0) is 48.1 Å². The molecule has 19 heavy (non-hydrogen) atoms. The summed E-state index contributed by atoms with van der Waals surface area (Å²) in [5.41, 5.74) is 7.81. The minimum atomic E-state index is -0.217. The molecule has 0 saturated carbocycles. The summed E-state index contributed by atoms with van der Waals surface area (Å²) in [4.78, 5) is 1.20. The van der Waals surface area contributed by atoms with Crippen LogP contribution in [-0.2, 0) is 6.42 Å². The van der Waals surface area contributed by atoms with E-state index in [4.69, 9.17) is 5.73 Å². The van der Waals surface area contributed by atoms with Gasteiger partial charge in [-0.3, -0.25) is 0 Å². The SMILES string of the molecule is CSc1ccc(C(N)Cc2ccc(Br)cc2F)cc1. The molecule has 0 heterocycles. The highest BCUT2D eigenvalue weighted by molar-refractivity contribution is 9.10. The molecule has 0 aliphatic heterocycles. The van der Waals surface area contributed by atoms with Gasteiger partial charge >= 0.3 is 0 Å². The normalized spacial score (nSPS) is 12.4. The highest BCUT2D eigenvalue weighted by Gasteiger charge is 2.10. The number of rotatable bonds is 4. The van der Waals surface area contributed by atoms with E-state index in [1.165, 1.54) is 11.0 Å². The molecule has 0 spiro atoms. The van der Waals surface area contributed by atoms with Crippen LogP contribution in [0.15, 0.2) is 51.8 Å². The Hall–Kier alpha value is -0.840. The Morgan fingerprint density at radius 3 is 2.47 bits per heavy atom. The van der Waals surface area contributed by atoms with Crippen molar-refractivity contribution in [1.82, 2.24) is 0 Å². The zero-order valence-corrected chi connectivity index (χ0v) is 13.0. The Morgan fingerprint density at radius 1 is 1.21 bits per heavy atom. The van der Waals surface area contributed by atoms with Crippen molar-refractivity contribution in [2.75, 3.05) is 6.26 Å². The third-order valence-electron chi connectivity index (χ3n) is 3.00. The molecule has 2 aromatic rings. The van der Waals surface area contributed by atoms with Gasteiger partial charge in [0.2, 0.25) is 0 Å². The van der Waals surface area contributed by atoms with Gasteiger partial charge in [-0.15, -0.1) is 11.8 Å². The summed E-state index contributed by atoms with van der Waals surface area (Å²) in [7, 11) is 0. The lowest BCUT2D eigenvalue weighted by molar-refractivity contribution is 0.592. The summed E-state index contributed by atoms with van der Waals surface area (Å²) < 4.78 is 14.5. The molecule has 1 atom stereocenters. The molecular weight excluding hydrogens is 325 g/mol. The third-order valence-corrected chi connectivity index (χ3v) is 4.24. The molecule has 0 aromatic heterocycles. The first kappa shape index (κ1) is 14.6. The maximum absolute atomic E-state index is 13.8. The highest BCUT2D eigenvalue weighted by Crippen LogP contribution is 2.23. The van der Waals surface area contributed by atoms with Crippen molar-refractivity contribution in [3.8, 4) is 0 Å². The van der Waals surface area contributed by atoms with E-state index in [2.05, 4.69) is 15.9 Å². The molecule has 1 nitrogen and oxygen atoms in total. The van der Waals surface area contributed by atoms with Crippen LogP contribution >= 0.6 is 27.7 Å². The van der Waals surface area contributed by atoms with E-state index in [0.29, 0.717) is 12.0 Å². The van der Waals surface area contributed by atoms with E-state index in [1.807, 2.05) is 36.6 Å². The van der Waals surface area contributed by atoms with Crippen molar-refractivity contribution >= 4 is 27.7 Å². The lowest BCUT2D eigenvalue weighted by Crippen LogP contribution is -2.14. The number of nitrogens with two attached hydrogens (primary N) is 1. The third kappa shape index (κ3) is 3.81. The van der Waals surface area contributed by atoms with E-state index in [0.717, 1.165) is 10.0 Å². The lowest BCUT2D eigenvalue weighted by atomic mass is 9.99.